The Bertz CT molecular complexity index is 1370. The number of fused-ring (bicyclic) bond motifs is 1. The summed E-state index contributed by atoms with van der Waals surface area (Å²) in [5.74, 6) is -1.00. The van der Waals surface area contributed by atoms with Crippen LogP contribution in [0.15, 0.2) is 79.1 Å². The van der Waals surface area contributed by atoms with Crippen LogP contribution in [-0.4, -0.2) is 23.4 Å². The first-order chi connectivity index (χ1) is 17.5. The van der Waals surface area contributed by atoms with Crippen molar-refractivity contribution in [2.45, 2.75) is 39.2 Å². The number of amides is 1. The van der Waals surface area contributed by atoms with Gasteiger partial charge in [-0.2, -0.15) is 0 Å². The first-order valence-corrected chi connectivity index (χ1v) is 12.2. The normalized spacial score (nSPS) is 11.8. The molecule has 0 spiro atoms. The predicted octanol–water partition coefficient (Wildman–Crippen LogP) is 5.40. The molecule has 0 radical (unpaired) electrons. The fourth-order valence-corrected chi connectivity index (χ4v) is 4.22. The number of nitrogens with two attached hydrogens (primary N) is 1. The van der Waals surface area contributed by atoms with Gasteiger partial charge in [0.1, 0.15) is 6.61 Å². The third-order valence-electron chi connectivity index (χ3n) is 6.39. The van der Waals surface area contributed by atoms with Gasteiger partial charge in [0.15, 0.2) is 0 Å². The average Bonchev–Trinajstić information content (AvgIpc) is 2.92. The minimum absolute atomic E-state index is 0.156. The van der Waals surface area contributed by atoms with Crippen LogP contribution >= 0.6 is 0 Å². The molecule has 0 saturated carbocycles. The molecule has 1 atom stereocenters. The van der Waals surface area contributed by atoms with Crippen LogP contribution in [-0.2, 0) is 29.0 Å². The number of nitrogens with zero attached hydrogens (tertiary/aromatic N) is 1. The van der Waals surface area contributed by atoms with Gasteiger partial charge >= 0.3 is 5.97 Å². The Labute approximate surface area is 211 Å². The van der Waals surface area contributed by atoms with E-state index in [2.05, 4.69) is 23.3 Å². The average molecular weight is 482 g/mol. The molecule has 4 aromatic rings. The van der Waals surface area contributed by atoms with E-state index in [1.807, 2.05) is 67.6 Å². The number of aromatic nitrogens is 1. The number of aryl methyl sites for hydroxylation is 2. The maximum atomic E-state index is 13.0. The summed E-state index contributed by atoms with van der Waals surface area (Å²) in [4.78, 5) is 29.8. The summed E-state index contributed by atoms with van der Waals surface area (Å²) < 4.78 is 5.57. The SMILES string of the molecule is CCc1ccc(C(=O)OCc2ccc([C@@H](CN)C(=O)Nc3ccc4cnccc4c3)cc2)c(CC)c1. The van der Waals surface area contributed by atoms with Crippen molar-refractivity contribution >= 4 is 28.3 Å². The monoisotopic (exact) mass is 481 g/mol. The van der Waals surface area contributed by atoms with Crippen LogP contribution in [0.2, 0.25) is 0 Å². The van der Waals surface area contributed by atoms with Gasteiger partial charge in [0.05, 0.1) is 11.5 Å². The summed E-state index contributed by atoms with van der Waals surface area (Å²) in [5.41, 5.74) is 11.1. The fraction of sp³-hybridized carbons (Fsp3) is 0.233. The molecular weight excluding hydrogens is 450 g/mol. The zero-order valence-electron chi connectivity index (χ0n) is 20.7. The molecule has 0 unspecified atom stereocenters. The maximum absolute atomic E-state index is 13.0. The molecule has 3 N–H and O–H groups in total. The van der Waals surface area contributed by atoms with E-state index in [9.17, 15) is 9.59 Å². The first kappa shape index (κ1) is 25.1. The van der Waals surface area contributed by atoms with Crippen molar-refractivity contribution in [1.29, 1.82) is 0 Å². The van der Waals surface area contributed by atoms with E-state index in [1.165, 1.54) is 5.56 Å². The molecule has 0 saturated heterocycles. The minimum atomic E-state index is -0.501. The number of anilines is 1. The summed E-state index contributed by atoms with van der Waals surface area (Å²) in [7, 11) is 0. The Morgan fingerprint density at radius 2 is 1.69 bits per heavy atom. The van der Waals surface area contributed by atoms with Crippen molar-refractivity contribution in [3.63, 3.8) is 0 Å². The van der Waals surface area contributed by atoms with Crippen LogP contribution in [0.4, 0.5) is 5.69 Å². The molecular formula is C30H31N3O3. The Kier molecular flexibility index (Phi) is 8.08. The Balaban J connectivity index is 1.39. The third-order valence-corrected chi connectivity index (χ3v) is 6.39. The molecule has 1 amide bonds. The van der Waals surface area contributed by atoms with Crippen molar-refractivity contribution in [2.24, 2.45) is 5.73 Å². The summed E-state index contributed by atoms with van der Waals surface area (Å²) >= 11 is 0. The van der Waals surface area contributed by atoms with Gasteiger partial charge in [-0.15, -0.1) is 0 Å². The van der Waals surface area contributed by atoms with Crippen LogP contribution in [0, 0.1) is 0 Å². The second kappa shape index (κ2) is 11.6. The maximum Gasteiger partial charge on any atom is 0.338 e. The summed E-state index contributed by atoms with van der Waals surface area (Å²) in [6, 6.07) is 20.9. The molecule has 6 heteroatoms. The van der Waals surface area contributed by atoms with E-state index in [0.717, 1.165) is 40.3 Å². The smallest absolute Gasteiger partial charge is 0.338 e. The van der Waals surface area contributed by atoms with Gasteiger partial charge in [0.25, 0.3) is 0 Å². The number of rotatable bonds is 9. The fourth-order valence-electron chi connectivity index (χ4n) is 4.22. The molecule has 184 valence electrons. The number of carbonyl (C=O) groups excluding carboxylic acids is 2. The highest BCUT2D eigenvalue weighted by Crippen LogP contribution is 2.22. The highest BCUT2D eigenvalue weighted by molar-refractivity contribution is 5.98. The van der Waals surface area contributed by atoms with Gasteiger partial charge in [0.2, 0.25) is 5.91 Å². The van der Waals surface area contributed by atoms with Crippen molar-refractivity contribution in [2.75, 3.05) is 11.9 Å². The number of hydrogen-bond acceptors (Lipinski definition) is 5. The molecule has 0 aliphatic carbocycles. The Morgan fingerprint density at radius 1 is 0.917 bits per heavy atom. The summed E-state index contributed by atoms with van der Waals surface area (Å²) in [5, 5.41) is 4.97. The quantitative estimate of drug-likeness (QED) is 0.312. The van der Waals surface area contributed by atoms with Crippen molar-refractivity contribution in [1.82, 2.24) is 4.98 Å². The van der Waals surface area contributed by atoms with E-state index in [1.54, 1.807) is 12.4 Å². The van der Waals surface area contributed by atoms with Gasteiger partial charge in [0, 0.05) is 30.0 Å². The number of carbonyl (C=O) groups is 2. The van der Waals surface area contributed by atoms with Crippen LogP contribution < -0.4 is 11.1 Å². The number of nitrogens with one attached hydrogen (secondary N) is 1. The van der Waals surface area contributed by atoms with Crippen molar-refractivity contribution < 1.29 is 14.3 Å². The van der Waals surface area contributed by atoms with Gasteiger partial charge in [-0.1, -0.05) is 56.3 Å². The molecule has 0 aliphatic heterocycles. The van der Waals surface area contributed by atoms with Gasteiger partial charge in [-0.05, 0) is 64.7 Å². The second-order valence-corrected chi connectivity index (χ2v) is 8.73. The molecule has 1 heterocycles. The summed E-state index contributed by atoms with van der Waals surface area (Å²) in [6.45, 7) is 4.46. The van der Waals surface area contributed by atoms with Crippen molar-refractivity contribution in [3.8, 4) is 0 Å². The van der Waals surface area contributed by atoms with Crippen LogP contribution in [0.25, 0.3) is 10.8 Å². The second-order valence-electron chi connectivity index (χ2n) is 8.73. The topological polar surface area (TPSA) is 94.3 Å². The standard InChI is InChI=1S/C30H31N3O3/c1-3-20-7-12-27(22(4-2)15-20)30(35)36-19-21-5-8-23(9-6-21)28(17-31)29(34)33-26-11-10-25-18-32-14-13-24(25)16-26/h5-16,18,28H,3-4,17,19,31H2,1-2H3,(H,33,34)/t28-/m1/s1. The van der Waals surface area contributed by atoms with Crippen LogP contribution in [0.5, 0.6) is 0 Å². The number of esters is 1. The summed E-state index contributed by atoms with van der Waals surface area (Å²) in [6.07, 6.45) is 5.20. The molecule has 0 fully saturated rings. The van der Waals surface area contributed by atoms with Gasteiger partial charge in [-0.3, -0.25) is 9.78 Å². The predicted molar refractivity (Wildman–Crippen MR) is 143 cm³/mol. The van der Waals surface area contributed by atoms with Crippen LogP contribution in [0.1, 0.15) is 52.4 Å². The number of benzene rings is 3. The molecule has 36 heavy (non-hydrogen) atoms. The largest absolute Gasteiger partial charge is 0.457 e. The zero-order valence-corrected chi connectivity index (χ0v) is 20.7. The highest BCUT2D eigenvalue weighted by Gasteiger charge is 2.20. The lowest BCUT2D eigenvalue weighted by molar-refractivity contribution is -0.117. The Morgan fingerprint density at radius 3 is 2.42 bits per heavy atom. The number of hydrogen-bond donors (Lipinski definition) is 2. The lowest BCUT2D eigenvalue weighted by Crippen LogP contribution is -2.27. The minimum Gasteiger partial charge on any atom is -0.457 e. The van der Waals surface area contributed by atoms with E-state index >= 15 is 0 Å². The van der Waals surface area contributed by atoms with Gasteiger partial charge < -0.3 is 15.8 Å². The number of ether oxygens (including phenoxy) is 1. The molecule has 3 aromatic carbocycles. The van der Waals surface area contributed by atoms with Gasteiger partial charge in [-0.25, -0.2) is 4.79 Å². The highest BCUT2D eigenvalue weighted by atomic mass is 16.5. The Hall–Kier alpha value is -4.03. The third kappa shape index (κ3) is 5.78. The molecule has 0 aliphatic rings. The molecule has 1 aromatic heterocycles. The lowest BCUT2D eigenvalue weighted by atomic mass is 9.97. The molecule has 4 rings (SSSR count). The van der Waals surface area contributed by atoms with E-state index < -0.39 is 5.92 Å². The number of pyridine rings is 1. The van der Waals surface area contributed by atoms with E-state index in [-0.39, 0.29) is 25.0 Å². The lowest BCUT2D eigenvalue weighted by Gasteiger charge is -2.16. The molecule has 6 nitrogen and oxygen atoms in total. The first-order valence-electron chi connectivity index (χ1n) is 12.2. The van der Waals surface area contributed by atoms with E-state index in [4.69, 9.17) is 10.5 Å². The van der Waals surface area contributed by atoms with Crippen molar-refractivity contribution in [3.05, 3.63) is 107 Å². The molecule has 0 bridgehead atoms. The van der Waals surface area contributed by atoms with Crippen LogP contribution in [0.3, 0.4) is 0 Å². The van der Waals surface area contributed by atoms with E-state index in [0.29, 0.717) is 11.3 Å². The zero-order chi connectivity index (χ0) is 25.5.